The average molecular weight is 1020 g/mol. The molecule has 3 aliphatic rings. The van der Waals surface area contributed by atoms with Gasteiger partial charge in [-0.15, -0.1) is 0 Å². The molecule has 10 atom stereocenters. The first-order valence-corrected chi connectivity index (χ1v) is 27.2. The van der Waals surface area contributed by atoms with Crippen molar-refractivity contribution in [3.63, 3.8) is 0 Å². The summed E-state index contributed by atoms with van der Waals surface area (Å²) in [6, 6.07) is 26.9. The molecule has 0 amide bonds. The standard InChI is InChI=1S/C29H34O4.C24H32O4.C13H20O/c1-20-12-11-17-29(3,4)26(20)24(30)18-21(2)25(27(31)23-15-9-6-10-16-23)28(32)33-19-22-13-7-5-8-14-22;1-6-28-23(27)20(22(26)18-12-8-7-9-13-18)17(3)15-19(25)21-16(2)11-10-14-24(21,4)5;1-5-7-11(14)12-10(2)8-6-9-13(12,3)4/h5-16,20-21,25-26H,17-19H2,1-4H3;7-13,16-17,20-21H,6,14-15H2,1-5H3;5-8,10,12H,9H2,1-4H3/b;;7-5+. The molecule has 0 radical (unpaired) electrons. The Morgan fingerprint density at radius 3 is 1.23 bits per heavy atom. The van der Waals surface area contributed by atoms with Gasteiger partial charge in [0.15, 0.2) is 17.3 Å². The highest BCUT2D eigenvalue weighted by Crippen LogP contribution is 2.44. The number of hydrogen-bond acceptors (Lipinski definition) is 9. The number of carbonyl (C=O) groups excluding carboxylic acids is 7. The topological polar surface area (TPSA) is 138 Å². The molecule has 0 aromatic heterocycles. The van der Waals surface area contributed by atoms with Crippen molar-refractivity contribution in [2.75, 3.05) is 6.61 Å². The minimum Gasteiger partial charge on any atom is -0.465 e. The van der Waals surface area contributed by atoms with Crippen LogP contribution in [0.3, 0.4) is 0 Å². The van der Waals surface area contributed by atoms with Crippen molar-refractivity contribution in [3.8, 4) is 0 Å². The summed E-state index contributed by atoms with van der Waals surface area (Å²) in [5.74, 6) is -3.59. The van der Waals surface area contributed by atoms with E-state index in [2.05, 4.69) is 98.8 Å². The summed E-state index contributed by atoms with van der Waals surface area (Å²) in [7, 11) is 0. The highest BCUT2D eigenvalue weighted by atomic mass is 16.5. The van der Waals surface area contributed by atoms with E-state index < -0.39 is 35.6 Å². The third kappa shape index (κ3) is 17.0. The number of esters is 2. The van der Waals surface area contributed by atoms with Crippen molar-refractivity contribution in [2.45, 2.75) is 129 Å². The summed E-state index contributed by atoms with van der Waals surface area (Å²) in [6.07, 6.45) is 19.4. The lowest BCUT2D eigenvalue weighted by molar-refractivity contribution is -0.150. The van der Waals surface area contributed by atoms with E-state index in [1.807, 2.05) is 62.4 Å². The second-order valence-electron chi connectivity index (χ2n) is 23.3. The summed E-state index contributed by atoms with van der Waals surface area (Å²) < 4.78 is 10.7. The molecule has 3 aromatic rings. The van der Waals surface area contributed by atoms with E-state index in [9.17, 15) is 33.6 Å². The Balaban J connectivity index is 0.000000262. The Bertz CT molecular complexity index is 2510. The highest BCUT2D eigenvalue weighted by molar-refractivity contribution is 6.10. The summed E-state index contributed by atoms with van der Waals surface area (Å²) in [5.41, 5.74) is 1.59. The lowest BCUT2D eigenvalue weighted by Gasteiger charge is -2.39. The Morgan fingerprint density at radius 2 is 0.880 bits per heavy atom. The van der Waals surface area contributed by atoms with E-state index in [4.69, 9.17) is 9.47 Å². The van der Waals surface area contributed by atoms with Gasteiger partial charge in [0.05, 0.1) is 6.61 Å². The van der Waals surface area contributed by atoms with Crippen molar-refractivity contribution in [1.29, 1.82) is 0 Å². The highest BCUT2D eigenvalue weighted by Gasteiger charge is 2.44. The predicted octanol–water partition coefficient (Wildman–Crippen LogP) is 14.3. The molecular weight excluding hydrogens is 937 g/mol. The average Bonchev–Trinajstić information content (AvgIpc) is 3.34. The molecule has 9 heteroatoms. The SMILES string of the molecule is C/C=C/C(=O)C1C(C)C=CCC1(C)C.CC1C=CCC(C)(C)C1C(=O)CC(C)C(C(=O)OCc1ccccc1)C(=O)c1ccccc1.CCOC(=O)C(C(=O)c1ccccc1)C(C)CC(=O)C1C(C)C=CCC1(C)C. The largest absolute Gasteiger partial charge is 0.465 e. The third-order valence-electron chi connectivity index (χ3n) is 15.6. The first-order valence-electron chi connectivity index (χ1n) is 27.2. The Morgan fingerprint density at radius 1 is 0.533 bits per heavy atom. The van der Waals surface area contributed by atoms with E-state index in [1.165, 1.54) is 0 Å². The van der Waals surface area contributed by atoms with Gasteiger partial charge in [0, 0.05) is 41.7 Å². The number of carbonyl (C=O) groups is 7. The van der Waals surface area contributed by atoms with Crippen LogP contribution in [0, 0.1) is 75.4 Å². The van der Waals surface area contributed by atoms with E-state index >= 15 is 0 Å². The quantitative estimate of drug-likeness (QED) is 0.0378. The molecule has 6 rings (SSSR count). The molecule has 404 valence electrons. The molecule has 3 aromatic carbocycles. The van der Waals surface area contributed by atoms with Gasteiger partial charge in [0.1, 0.15) is 30.0 Å². The normalized spacial score (nSPS) is 23.6. The van der Waals surface area contributed by atoms with Crippen molar-refractivity contribution in [3.05, 3.63) is 156 Å². The van der Waals surface area contributed by atoms with Crippen LogP contribution in [0.15, 0.2) is 140 Å². The lowest BCUT2D eigenvalue weighted by Crippen LogP contribution is -2.40. The minimum absolute atomic E-state index is 0.0936. The van der Waals surface area contributed by atoms with Gasteiger partial charge in [-0.1, -0.05) is 210 Å². The number of Topliss-reactive ketones (excluding diaryl/α,β-unsaturated/α-hetero) is 4. The fraction of sp³-hybridized carbons (Fsp3) is 0.500. The summed E-state index contributed by atoms with van der Waals surface area (Å²) in [5, 5.41) is 0. The van der Waals surface area contributed by atoms with Crippen LogP contribution < -0.4 is 0 Å². The summed E-state index contributed by atoms with van der Waals surface area (Å²) in [4.78, 5) is 90.6. The number of allylic oxidation sites excluding steroid dienone is 8. The third-order valence-corrected chi connectivity index (χ3v) is 15.6. The van der Waals surface area contributed by atoms with Crippen molar-refractivity contribution in [1.82, 2.24) is 0 Å². The smallest absolute Gasteiger partial charge is 0.317 e. The van der Waals surface area contributed by atoms with Crippen molar-refractivity contribution >= 4 is 40.9 Å². The fourth-order valence-electron chi connectivity index (χ4n) is 11.9. The van der Waals surface area contributed by atoms with Gasteiger partial charge in [0.2, 0.25) is 0 Å². The second kappa shape index (κ2) is 28.2. The van der Waals surface area contributed by atoms with E-state index in [0.717, 1.165) is 24.8 Å². The van der Waals surface area contributed by atoms with Crippen LogP contribution >= 0.6 is 0 Å². The molecule has 75 heavy (non-hydrogen) atoms. The zero-order valence-corrected chi connectivity index (χ0v) is 47.2. The number of ketones is 5. The number of ether oxygens (including phenoxy) is 2. The molecule has 10 unspecified atom stereocenters. The van der Waals surface area contributed by atoms with Crippen molar-refractivity contribution in [2.24, 2.45) is 75.4 Å². The van der Waals surface area contributed by atoms with Gasteiger partial charge in [-0.25, -0.2) is 0 Å². The summed E-state index contributed by atoms with van der Waals surface area (Å²) >= 11 is 0. The maximum absolute atomic E-state index is 13.4. The van der Waals surface area contributed by atoms with Gasteiger partial charge >= 0.3 is 11.9 Å². The zero-order chi connectivity index (χ0) is 55.7. The lowest BCUT2D eigenvalue weighted by atomic mass is 9.64. The summed E-state index contributed by atoms with van der Waals surface area (Å²) in [6.45, 7) is 26.6. The van der Waals surface area contributed by atoms with E-state index in [-0.39, 0.29) is 101 Å². The first-order chi connectivity index (χ1) is 35.4. The molecule has 0 saturated carbocycles. The van der Waals surface area contributed by atoms with Gasteiger partial charge in [-0.3, -0.25) is 33.6 Å². The van der Waals surface area contributed by atoms with Gasteiger partial charge in [-0.05, 0) is 90.6 Å². The Hall–Kier alpha value is -6.09. The molecule has 0 spiro atoms. The molecule has 9 nitrogen and oxygen atoms in total. The van der Waals surface area contributed by atoms with Crippen LogP contribution in [-0.4, -0.2) is 47.5 Å². The molecule has 3 aliphatic carbocycles. The first kappa shape index (κ1) is 61.5. The minimum atomic E-state index is -1.03. The van der Waals surface area contributed by atoms with Gasteiger partial charge < -0.3 is 9.47 Å². The molecule has 0 saturated heterocycles. The van der Waals surface area contributed by atoms with Crippen LogP contribution in [0.2, 0.25) is 0 Å². The van der Waals surface area contributed by atoms with Gasteiger partial charge in [0.25, 0.3) is 0 Å². The van der Waals surface area contributed by atoms with Crippen LogP contribution in [0.5, 0.6) is 0 Å². The molecule has 0 bridgehead atoms. The van der Waals surface area contributed by atoms with Crippen LogP contribution in [0.1, 0.15) is 148 Å². The molecule has 0 heterocycles. The van der Waals surface area contributed by atoms with Crippen molar-refractivity contribution < 1.29 is 43.0 Å². The van der Waals surface area contributed by atoms with Crippen LogP contribution in [0.4, 0.5) is 0 Å². The maximum Gasteiger partial charge on any atom is 0.317 e. The molecule has 0 aliphatic heterocycles. The number of rotatable bonds is 19. The molecule has 0 N–H and O–H groups in total. The zero-order valence-electron chi connectivity index (χ0n) is 47.2. The predicted molar refractivity (Wildman–Crippen MR) is 299 cm³/mol. The van der Waals surface area contributed by atoms with E-state index in [1.54, 1.807) is 68.5 Å². The number of hydrogen-bond donors (Lipinski definition) is 0. The Kier molecular flexibility index (Phi) is 23.1. The number of benzene rings is 3. The molecule has 0 fully saturated rings. The maximum atomic E-state index is 13.4. The van der Waals surface area contributed by atoms with Gasteiger partial charge in [-0.2, -0.15) is 0 Å². The van der Waals surface area contributed by atoms with Crippen LogP contribution in [0.25, 0.3) is 0 Å². The second-order valence-corrected chi connectivity index (χ2v) is 23.3. The Labute approximate surface area is 449 Å². The fourth-order valence-corrected chi connectivity index (χ4v) is 11.9. The monoisotopic (exact) mass is 1020 g/mol. The molecular formula is C66H86O9. The van der Waals surface area contributed by atoms with E-state index in [0.29, 0.717) is 17.0 Å². The van der Waals surface area contributed by atoms with Crippen LogP contribution in [-0.2, 0) is 40.1 Å².